The average Bonchev–Trinajstić information content (AvgIpc) is 2.30. The van der Waals surface area contributed by atoms with Gasteiger partial charge < -0.3 is 4.74 Å². The number of hydrogen-bond acceptors (Lipinski definition) is 6. The van der Waals surface area contributed by atoms with Crippen LogP contribution in [0.2, 0.25) is 0 Å². The summed E-state index contributed by atoms with van der Waals surface area (Å²) in [4.78, 5) is 20.6. The maximum absolute atomic E-state index is 10.4. The fraction of sp³-hybridized carbons (Fsp3) is 0.833. The summed E-state index contributed by atoms with van der Waals surface area (Å²) in [5.41, 5.74) is 0. The molecule has 0 N–H and O–H groups in total. The van der Waals surface area contributed by atoms with Crippen molar-refractivity contribution >= 4 is 11.8 Å². The SMILES string of the molecule is CCOC(=O)CC(C)=O.CC[O][Ti]([O]CC)[O]CC. The van der Waals surface area contributed by atoms with Gasteiger partial charge in [-0.05, 0) is 13.8 Å². The first-order chi connectivity index (χ1) is 9.01. The number of esters is 1. The summed E-state index contributed by atoms with van der Waals surface area (Å²) < 4.78 is 20.2. The van der Waals surface area contributed by atoms with Crippen LogP contribution in [-0.4, -0.2) is 38.2 Å². The van der Waals surface area contributed by atoms with Crippen LogP contribution in [0.15, 0.2) is 0 Å². The molecule has 7 heteroatoms. The van der Waals surface area contributed by atoms with Gasteiger partial charge in [-0.25, -0.2) is 0 Å². The molecule has 0 fully saturated rings. The second-order valence-corrected chi connectivity index (χ2v) is 5.37. The van der Waals surface area contributed by atoms with E-state index in [2.05, 4.69) is 4.74 Å². The van der Waals surface area contributed by atoms with Crippen molar-refractivity contribution in [1.82, 2.24) is 0 Å². The van der Waals surface area contributed by atoms with Gasteiger partial charge in [0, 0.05) is 0 Å². The summed E-state index contributed by atoms with van der Waals surface area (Å²) in [6.07, 6.45) is -0.103. The number of hydrogen-bond donors (Lipinski definition) is 0. The van der Waals surface area contributed by atoms with Gasteiger partial charge in [-0.15, -0.1) is 0 Å². The Morgan fingerprint density at radius 3 is 1.53 bits per heavy atom. The Balaban J connectivity index is 0. The van der Waals surface area contributed by atoms with Crippen LogP contribution in [0.3, 0.4) is 0 Å². The van der Waals surface area contributed by atoms with Gasteiger partial charge in [0.25, 0.3) is 0 Å². The standard InChI is InChI=1S/C6H10O3.3C2H5O.Ti/c1-3-9-6(8)4-5(2)7;3*1-2-3;/h3-4H2,1-2H3;3*2H2,1H3;/q;3*-1;+3. The molecule has 0 amide bonds. The first-order valence-corrected chi connectivity index (χ1v) is 8.33. The molecular formula is C12H25O6Ti. The first kappa shape index (κ1) is 21.0. The van der Waals surface area contributed by atoms with E-state index in [4.69, 9.17) is 9.96 Å². The van der Waals surface area contributed by atoms with Gasteiger partial charge in [-0.2, -0.15) is 0 Å². The van der Waals surface area contributed by atoms with Crippen LogP contribution in [0, 0.1) is 0 Å². The van der Waals surface area contributed by atoms with E-state index in [1.165, 1.54) is 6.92 Å². The molecule has 0 aliphatic carbocycles. The van der Waals surface area contributed by atoms with E-state index < -0.39 is 25.0 Å². The topological polar surface area (TPSA) is 71.1 Å². The molecular weight excluding hydrogens is 288 g/mol. The zero-order chi connectivity index (χ0) is 15.1. The molecule has 0 aromatic rings. The van der Waals surface area contributed by atoms with E-state index in [0.29, 0.717) is 26.4 Å². The fourth-order valence-corrected chi connectivity index (χ4v) is 2.39. The van der Waals surface area contributed by atoms with Crippen LogP contribution >= 0.6 is 0 Å². The third kappa shape index (κ3) is 17.7. The predicted octanol–water partition coefficient (Wildman–Crippen LogP) is 1.99. The summed E-state index contributed by atoms with van der Waals surface area (Å²) in [5, 5.41) is 0. The van der Waals surface area contributed by atoms with Crippen LogP contribution in [-0.2, 0) is 43.3 Å². The number of carbonyl (C=O) groups excluding carboxylic acids is 2. The van der Waals surface area contributed by atoms with Gasteiger partial charge >= 0.3 is 75.6 Å². The minimum atomic E-state index is -1.99. The van der Waals surface area contributed by atoms with Crippen molar-refractivity contribution in [3.05, 3.63) is 0 Å². The van der Waals surface area contributed by atoms with E-state index in [0.717, 1.165) is 0 Å². The van der Waals surface area contributed by atoms with E-state index in [1.807, 2.05) is 20.8 Å². The van der Waals surface area contributed by atoms with E-state index in [-0.39, 0.29) is 12.2 Å². The summed E-state index contributed by atoms with van der Waals surface area (Å²) in [6.45, 7) is 11.3. The van der Waals surface area contributed by atoms with Crippen molar-refractivity contribution in [3.63, 3.8) is 0 Å². The molecule has 0 unspecified atom stereocenters. The number of ketones is 1. The Morgan fingerprint density at radius 1 is 0.842 bits per heavy atom. The average molecular weight is 313 g/mol. The number of rotatable bonds is 9. The maximum atomic E-state index is 10.4. The molecule has 0 rings (SSSR count). The molecule has 113 valence electrons. The summed E-state index contributed by atoms with van der Waals surface area (Å²) in [5.74, 6) is -0.599. The molecule has 0 heterocycles. The van der Waals surface area contributed by atoms with Crippen LogP contribution in [0.5, 0.6) is 0 Å². The molecule has 0 spiro atoms. The van der Waals surface area contributed by atoms with Crippen molar-refractivity contribution in [2.24, 2.45) is 0 Å². The minimum absolute atomic E-state index is 0.103. The first-order valence-electron chi connectivity index (χ1n) is 6.41. The van der Waals surface area contributed by atoms with Gasteiger partial charge in [0.2, 0.25) is 0 Å². The summed E-state index contributed by atoms with van der Waals surface area (Å²) >= 11 is -1.99. The fourth-order valence-electron chi connectivity index (χ4n) is 0.894. The zero-order valence-electron chi connectivity index (χ0n) is 12.5. The molecule has 0 bridgehead atoms. The van der Waals surface area contributed by atoms with Crippen LogP contribution in [0.25, 0.3) is 0 Å². The summed E-state index contributed by atoms with van der Waals surface area (Å²) in [7, 11) is 0. The molecule has 0 atom stereocenters. The molecule has 0 aromatic carbocycles. The Labute approximate surface area is 123 Å². The second kappa shape index (κ2) is 15.8. The van der Waals surface area contributed by atoms with Gasteiger partial charge in [0.15, 0.2) is 0 Å². The monoisotopic (exact) mass is 313 g/mol. The Bertz CT molecular complexity index is 220. The van der Waals surface area contributed by atoms with E-state index in [1.54, 1.807) is 6.92 Å². The summed E-state index contributed by atoms with van der Waals surface area (Å²) in [6, 6.07) is 0. The quantitative estimate of drug-likeness (QED) is 0.368. The van der Waals surface area contributed by atoms with Crippen LogP contribution < -0.4 is 0 Å². The van der Waals surface area contributed by atoms with Gasteiger partial charge in [-0.3, -0.25) is 9.59 Å². The van der Waals surface area contributed by atoms with Crippen molar-refractivity contribution in [2.75, 3.05) is 26.4 Å². The molecule has 19 heavy (non-hydrogen) atoms. The van der Waals surface area contributed by atoms with Crippen molar-refractivity contribution in [1.29, 1.82) is 0 Å². The predicted molar refractivity (Wildman–Crippen MR) is 66.8 cm³/mol. The van der Waals surface area contributed by atoms with Crippen LogP contribution in [0.1, 0.15) is 41.0 Å². The number of Topliss-reactive ketones (excluding diaryl/α,β-unsaturated/α-hetero) is 1. The molecule has 6 nitrogen and oxygen atoms in total. The Hall–Kier alpha value is -0.266. The molecule has 0 radical (unpaired) electrons. The van der Waals surface area contributed by atoms with E-state index in [9.17, 15) is 9.59 Å². The van der Waals surface area contributed by atoms with Crippen LogP contribution in [0.4, 0.5) is 0 Å². The van der Waals surface area contributed by atoms with Crippen molar-refractivity contribution in [3.8, 4) is 0 Å². The number of ether oxygens (including phenoxy) is 1. The molecule has 0 saturated carbocycles. The molecule has 0 saturated heterocycles. The van der Waals surface area contributed by atoms with Gasteiger partial charge in [-0.1, -0.05) is 0 Å². The van der Waals surface area contributed by atoms with Crippen molar-refractivity contribution in [2.45, 2.75) is 41.0 Å². The zero-order valence-corrected chi connectivity index (χ0v) is 14.0. The number of carbonyl (C=O) groups is 2. The Kier molecular flexibility index (Phi) is 17.5. The van der Waals surface area contributed by atoms with Gasteiger partial charge in [0.05, 0.1) is 6.61 Å². The normalized spacial score (nSPS) is 9.32. The third-order valence-electron chi connectivity index (χ3n) is 1.49. The molecule has 0 aliphatic rings. The second-order valence-electron chi connectivity index (χ2n) is 3.23. The van der Waals surface area contributed by atoms with E-state index >= 15 is 0 Å². The molecule has 0 aliphatic heterocycles. The van der Waals surface area contributed by atoms with Crippen molar-refractivity contribution < 1.29 is 43.3 Å². The molecule has 0 aromatic heterocycles. The van der Waals surface area contributed by atoms with Gasteiger partial charge in [0.1, 0.15) is 12.2 Å². The third-order valence-corrected chi connectivity index (χ3v) is 3.94. The Morgan fingerprint density at radius 2 is 1.26 bits per heavy atom.